The lowest BCUT2D eigenvalue weighted by molar-refractivity contribution is 0.0480. The lowest BCUT2D eigenvalue weighted by atomic mass is 10.0. The molecular formula is C29H39N3O5. The van der Waals surface area contributed by atoms with Gasteiger partial charge in [0.1, 0.15) is 0 Å². The second kappa shape index (κ2) is 13.9. The molecule has 1 N–H and O–H groups in total. The lowest BCUT2D eigenvalue weighted by Crippen LogP contribution is -2.25. The second-order valence-corrected chi connectivity index (χ2v) is 9.01. The van der Waals surface area contributed by atoms with E-state index in [0.29, 0.717) is 40.6 Å². The molecule has 0 bridgehead atoms. The molecule has 8 heteroatoms. The highest BCUT2D eigenvalue weighted by atomic mass is 16.5. The molecule has 0 aliphatic heterocycles. The number of pyridine rings is 1. The van der Waals surface area contributed by atoms with Crippen molar-refractivity contribution < 1.29 is 19.1 Å². The van der Waals surface area contributed by atoms with E-state index in [1.165, 1.54) is 0 Å². The second-order valence-electron chi connectivity index (χ2n) is 9.01. The van der Waals surface area contributed by atoms with Crippen molar-refractivity contribution in [3.8, 4) is 0 Å². The molecule has 1 heterocycles. The number of carbonyl (C=O) groups excluding carboxylic acids is 2. The lowest BCUT2D eigenvalue weighted by Gasteiger charge is -2.17. The van der Waals surface area contributed by atoms with Crippen molar-refractivity contribution in [3.63, 3.8) is 0 Å². The molecule has 3 rings (SSSR count). The first-order valence-corrected chi connectivity index (χ1v) is 13.3. The van der Waals surface area contributed by atoms with Gasteiger partial charge in [-0.05, 0) is 68.7 Å². The molecule has 200 valence electrons. The number of rotatable bonds is 14. The summed E-state index contributed by atoms with van der Waals surface area (Å²) in [5.74, 6) is -0.860. The molecule has 0 spiro atoms. The van der Waals surface area contributed by atoms with Crippen LogP contribution >= 0.6 is 0 Å². The molecule has 0 unspecified atom stereocenters. The fraction of sp³-hybridized carbons (Fsp3) is 0.483. The molecule has 0 aliphatic carbocycles. The van der Waals surface area contributed by atoms with Gasteiger partial charge in [0.15, 0.2) is 0 Å². The third-order valence-corrected chi connectivity index (χ3v) is 6.79. The van der Waals surface area contributed by atoms with Crippen molar-refractivity contribution in [2.45, 2.75) is 40.5 Å². The van der Waals surface area contributed by atoms with Crippen molar-refractivity contribution in [3.05, 3.63) is 57.9 Å². The summed E-state index contributed by atoms with van der Waals surface area (Å²) in [5, 5.41) is 1.89. The number of carbonyl (C=O) groups is 2. The predicted molar refractivity (Wildman–Crippen MR) is 147 cm³/mol. The highest BCUT2D eigenvalue weighted by molar-refractivity contribution is 6.08. The first-order chi connectivity index (χ1) is 17.9. The van der Waals surface area contributed by atoms with Gasteiger partial charge < -0.3 is 24.3 Å². The van der Waals surface area contributed by atoms with Gasteiger partial charge in [0.2, 0.25) is 0 Å². The van der Waals surface area contributed by atoms with Crippen LogP contribution < -0.4 is 5.56 Å². The summed E-state index contributed by atoms with van der Waals surface area (Å²) < 4.78 is 10.9. The van der Waals surface area contributed by atoms with Gasteiger partial charge in [-0.2, -0.15) is 0 Å². The fourth-order valence-electron chi connectivity index (χ4n) is 4.45. The molecule has 0 aliphatic rings. The van der Waals surface area contributed by atoms with E-state index in [0.717, 1.165) is 57.5 Å². The third-order valence-electron chi connectivity index (χ3n) is 6.79. The Bertz CT molecular complexity index is 1260. The van der Waals surface area contributed by atoms with Crippen LogP contribution in [0.25, 0.3) is 21.7 Å². The van der Waals surface area contributed by atoms with Crippen LogP contribution in [0, 0.1) is 0 Å². The van der Waals surface area contributed by atoms with Crippen LogP contribution in [0.5, 0.6) is 0 Å². The van der Waals surface area contributed by atoms with Crippen LogP contribution in [-0.2, 0) is 9.47 Å². The molecule has 0 amide bonds. The summed E-state index contributed by atoms with van der Waals surface area (Å²) in [4.78, 5) is 45.3. The maximum Gasteiger partial charge on any atom is 0.338 e. The van der Waals surface area contributed by atoms with Gasteiger partial charge in [-0.3, -0.25) is 4.79 Å². The topological polar surface area (TPSA) is 91.9 Å². The highest BCUT2D eigenvalue weighted by Crippen LogP contribution is 2.24. The number of aromatic amines is 1. The molecule has 37 heavy (non-hydrogen) atoms. The zero-order valence-corrected chi connectivity index (χ0v) is 22.5. The van der Waals surface area contributed by atoms with Crippen LogP contribution in [0.3, 0.4) is 0 Å². The zero-order valence-electron chi connectivity index (χ0n) is 22.5. The summed E-state index contributed by atoms with van der Waals surface area (Å²) in [6, 6.07) is 10.1. The molecule has 1 aromatic heterocycles. The van der Waals surface area contributed by atoms with E-state index in [1.807, 2.05) is 0 Å². The minimum absolute atomic E-state index is 0.329. The average Bonchev–Trinajstić information content (AvgIpc) is 2.92. The maximum atomic E-state index is 12.8. The normalized spacial score (nSPS) is 11.5. The molecule has 0 radical (unpaired) electrons. The van der Waals surface area contributed by atoms with Crippen LogP contribution in [0.15, 0.2) is 41.2 Å². The van der Waals surface area contributed by atoms with E-state index in [4.69, 9.17) is 9.47 Å². The van der Waals surface area contributed by atoms with Gasteiger partial charge in [-0.25, -0.2) is 9.59 Å². The first kappa shape index (κ1) is 28.3. The summed E-state index contributed by atoms with van der Waals surface area (Å²) in [6.07, 6.45) is 1.52. The number of fused-ring (bicyclic) bond motifs is 3. The monoisotopic (exact) mass is 509 g/mol. The number of hydrogen-bond acceptors (Lipinski definition) is 7. The quantitative estimate of drug-likeness (QED) is 0.195. The Morgan fingerprint density at radius 3 is 1.70 bits per heavy atom. The van der Waals surface area contributed by atoms with Crippen molar-refractivity contribution in [1.82, 2.24) is 14.8 Å². The van der Waals surface area contributed by atoms with Gasteiger partial charge in [0.05, 0.1) is 24.3 Å². The molecule has 3 aromatic rings. The Hall–Kier alpha value is -3.23. The Morgan fingerprint density at radius 1 is 0.703 bits per heavy atom. The van der Waals surface area contributed by atoms with Crippen molar-refractivity contribution >= 4 is 33.6 Å². The van der Waals surface area contributed by atoms with Crippen molar-refractivity contribution in [1.29, 1.82) is 0 Å². The smallest absolute Gasteiger partial charge is 0.338 e. The van der Waals surface area contributed by atoms with E-state index in [-0.39, 0.29) is 5.56 Å². The fourth-order valence-corrected chi connectivity index (χ4v) is 4.45. The van der Waals surface area contributed by atoms with E-state index < -0.39 is 11.9 Å². The van der Waals surface area contributed by atoms with Gasteiger partial charge in [-0.1, -0.05) is 39.8 Å². The molecule has 2 aromatic carbocycles. The van der Waals surface area contributed by atoms with E-state index in [1.54, 1.807) is 36.4 Å². The van der Waals surface area contributed by atoms with Gasteiger partial charge >= 0.3 is 11.9 Å². The van der Waals surface area contributed by atoms with Crippen LogP contribution in [-0.4, -0.2) is 79.2 Å². The van der Waals surface area contributed by atoms with Crippen molar-refractivity contribution in [2.24, 2.45) is 0 Å². The van der Waals surface area contributed by atoms with E-state index in [9.17, 15) is 14.4 Å². The molecule has 8 nitrogen and oxygen atoms in total. The highest BCUT2D eigenvalue weighted by Gasteiger charge is 2.14. The number of esters is 2. The van der Waals surface area contributed by atoms with Crippen LogP contribution in [0.2, 0.25) is 0 Å². The molecule has 0 saturated carbocycles. The van der Waals surface area contributed by atoms with Gasteiger partial charge in [0.25, 0.3) is 5.56 Å². The van der Waals surface area contributed by atoms with Gasteiger partial charge in [0, 0.05) is 29.4 Å². The van der Waals surface area contributed by atoms with E-state index in [2.05, 4.69) is 42.5 Å². The minimum atomic E-state index is -0.444. The summed E-state index contributed by atoms with van der Waals surface area (Å²) in [5.41, 5.74) is 0.936. The number of H-pyrrole nitrogens is 1. The van der Waals surface area contributed by atoms with Crippen LogP contribution in [0.4, 0.5) is 0 Å². The predicted octanol–water partition coefficient (Wildman–Crippen LogP) is 4.46. The first-order valence-electron chi connectivity index (χ1n) is 13.3. The number of hydrogen-bond donors (Lipinski definition) is 1. The Labute approximate surface area is 218 Å². The standard InChI is InChI=1S/C29H39N3O5/c1-5-31(6-2)15-9-17-36-28(34)21-11-13-23-24-14-12-22(20-26(24)30-27(33)25(23)19-21)29(35)37-18-10-16-32(7-3)8-4/h11-14,19-20H,5-10,15-18H2,1-4H3,(H,30,33). The largest absolute Gasteiger partial charge is 0.462 e. The Kier molecular flexibility index (Phi) is 10.7. The van der Waals surface area contributed by atoms with Gasteiger partial charge in [-0.15, -0.1) is 0 Å². The number of nitrogens with one attached hydrogen (secondary N) is 1. The minimum Gasteiger partial charge on any atom is -0.462 e. The average molecular weight is 510 g/mol. The SMILES string of the molecule is CCN(CC)CCCOC(=O)c1ccc2c(c1)[nH]c(=O)c1cc(C(=O)OCCCN(CC)CC)ccc12. The molecule has 0 saturated heterocycles. The molecule has 0 atom stereocenters. The number of nitrogens with zero attached hydrogens (tertiary/aromatic N) is 2. The third kappa shape index (κ3) is 7.40. The zero-order chi connectivity index (χ0) is 26.8. The molecule has 0 fully saturated rings. The number of ether oxygens (including phenoxy) is 2. The van der Waals surface area contributed by atoms with Crippen LogP contribution in [0.1, 0.15) is 61.3 Å². The van der Waals surface area contributed by atoms with Crippen molar-refractivity contribution in [2.75, 3.05) is 52.5 Å². The summed E-state index contributed by atoms with van der Waals surface area (Å²) in [7, 11) is 0. The Morgan fingerprint density at radius 2 is 1.19 bits per heavy atom. The maximum absolute atomic E-state index is 12.8. The Balaban J connectivity index is 1.69. The summed E-state index contributed by atoms with van der Waals surface area (Å²) >= 11 is 0. The molecular weight excluding hydrogens is 470 g/mol. The number of aromatic nitrogens is 1. The van der Waals surface area contributed by atoms with E-state index >= 15 is 0 Å². The number of benzene rings is 2. The summed E-state index contributed by atoms with van der Waals surface area (Å²) in [6.45, 7) is 14.7.